The Morgan fingerprint density at radius 1 is 1.14 bits per heavy atom. The molecular weight excluding hydrogens is 361 g/mol. The fourth-order valence-electron chi connectivity index (χ4n) is 2.49. The van der Waals surface area contributed by atoms with Crippen LogP contribution in [0, 0.1) is 11.2 Å². The maximum Gasteiger partial charge on any atom is 0.313 e. The summed E-state index contributed by atoms with van der Waals surface area (Å²) < 4.78 is 21.0. The van der Waals surface area contributed by atoms with E-state index in [9.17, 15) is 14.0 Å². The second-order valence-corrected chi connectivity index (χ2v) is 7.32. The van der Waals surface area contributed by atoms with Gasteiger partial charge in [0.15, 0.2) is 18.8 Å². The zero-order chi connectivity index (χ0) is 20.3. The molecule has 28 heavy (non-hydrogen) atoms. The number of ether oxygens (including phenoxy) is 1. The SMILES string of the molecule is CC(C)(C)C(=O)OCn1cnc(-c2ccc(-c3cccc(C=O)c3F)cc2)n1. The number of esters is 1. The third kappa shape index (κ3) is 4.14. The van der Waals surface area contributed by atoms with Gasteiger partial charge in [0.1, 0.15) is 12.1 Å². The van der Waals surface area contributed by atoms with E-state index in [-0.39, 0.29) is 18.3 Å². The molecule has 3 rings (SSSR count). The highest BCUT2D eigenvalue weighted by atomic mass is 19.1. The van der Waals surface area contributed by atoms with Gasteiger partial charge < -0.3 is 4.74 Å². The molecule has 0 fully saturated rings. The van der Waals surface area contributed by atoms with E-state index in [1.54, 1.807) is 57.2 Å². The molecule has 3 aromatic rings. The molecule has 144 valence electrons. The van der Waals surface area contributed by atoms with Gasteiger partial charge in [0.05, 0.1) is 11.0 Å². The van der Waals surface area contributed by atoms with Crippen LogP contribution in [0.1, 0.15) is 31.1 Å². The van der Waals surface area contributed by atoms with Gasteiger partial charge in [-0.1, -0.05) is 36.4 Å². The van der Waals surface area contributed by atoms with Crippen molar-refractivity contribution in [3.8, 4) is 22.5 Å². The van der Waals surface area contributed by atoms with Gasteiger partial charge >= 0.3 is 5.97 Å². The Morgan fingerprint density at radius 3 is 2.46 bits per heavy atom. The molecule has 0 aliphatic rings. The van der Waals surface area contributed by atoms with Crippen molar-refractivity contribution in [3.63, 3.8) is 0 Å². The normalized spacial score (nSPS) is 11.3. The van der Waals surface area contributed by atoms with Gasteiger partial charge in [-0.25, -0.2) is 14.1 Å². The summed E-state index contributed by atoms with van der Waals surface area (Å²) in [7, 11) is 0. The number of rotatable bonds is 5. The first-order valence-corrected chi connectivity index (χ1v) is 8.71. The van der Waals surface area contributed by atoms with Crippen LogP contribution >= 0.6 is 0 Å². The van der Waals surface area contributed by atoms with E-state index < -0.39 is 11.2 Å². The first kappa shape index (κ1) is 19.4. The first-order chi connectivity index (χ1) is 13.3. The Bertz CT molecular complexity index is 1000. The van der Waals surface area contributed by atoms with E-state index in [1.807, 2.05) is 0 Å². The molecule has 0 bridgehead atoms. The number of carbonyl (C=O) groups excluding carboxylic acids is 2. The summed E-state index contributed by atoms with van der Waals surface area (Å²) in [5.41, 5.74) is 1.16. The Balaban J connectivity index is 1.75. The molecule has 0 aliphatic heterocycles. The predicted molar refractivity (Wildman–Crippen MR) is 102 cm³/mol. The van der Waals surface area contributed by atoms with Crippen LogP contribution < -0.4 is 0 Å². The monoisotopic (exact) mass is 381 g/mol. The van der Waals surface area contributed by atoms with Gasteiger partial charge in [-0.3, -0.25) is 9.59 Å². The highest BCUT2D eigenvalue weighted by molar-refractivity contribution is 5.80. The minimum atomic E-state index is -0.588. The maximum atomic E-state index is 14.3. The second kappa shape index (κ2) is 7.72. The smallest absolute Gasteiger partial charge is 0.313 e. The molecule has 0 aliphatic carbocycles. The summed E-state index contributed by atoms with van der Waals surface area (Å²) in [6.45, 7) is 5.30. The van der Waals surface area contributed by atoms with E-state index in [0.717, 1.165) is 5.56 Å². The fraction of sp³-hybridized carbons (Fsp3) is 0.238. The molecule has 7 heteroatoms. The van der Waals surface area contributed by atoms with Crippen molar-refractivity contribution >= 4 is 12.3 Å². The molecule has 1 aromatic heterocycles. The predicted octanol–water partition coefficient (Wildman–Crippen LogP) is 4.11. The molecule has 0 N–H and O–H groups in total. The quantitative estimate of drug-likeness (QED) is 0.491. The van der Waals surface area contributed by atoms with Crippen molar-refractivity contribution in [1.29, 1.82) is 0 Å². The number of aromatic nitrogens is 3. The number of nitrogens with zero attached hydrogens (tertiary/aromatic N) is 3. The number of benzene rings is 2. The van der Waals surface area contributed by atoms with Crippen molar-refractivity contribution in [2.24, 2.45) is 5.41 Å². The number of hydrogen-bond acceptors (Lipinski definition) is 5. The number of carbonyl (C=O) groups is 2. The van der Waals surface area contributed by atoms with Crippen LogP contribution in [0.15, 0.2) is 48.8 Å². The van der Waals surface area contributed by atoms with Crippen LogP contribution in [0.3, 0.4) is 0 Å². The lowest BCUT2D eigenvalue weighted by molar-refractivity contribution is -0.157. The summed E-state index contributed by atoms with van der Waals surface area (Å²) >= 11 is 0. The number of hydrogen-bond donors (Lipinski definition) is 0. The van der Waals surface area contributed by atoms with Gasteiger partial charge in [-0.05, 0) is 32.4 Å². The third-order valence-corrected chi connectivity index (χ3v) is 4.09. The van der Waals surface area contributed by atoms with E-state index >= 15 is 0 Å². The van der Waals surface area contributed by atoms with Crippen molar-refractivity contribution in [3.05, 3.63) is 60.2 Å². The maximum absolute atomic E-state index is 14.3. The molecule has 0 unspecified atom stereocenters. The summed E-state index contributed by atoms with van der Waals surface area (Å²) in [5, 5.41) is 4.29. The molecule has 0 radical (unpaired) electrons. The van der Waals surface area contributed by atoms with E-state index in [2.05, 4.69) is 10.1 Å². The van der Waals surface area contributed by atoms with Crippen LogP contribution in [-0.2, 0) is 16.3 Å². The van der Waals surface area contributed by atoms with Gasteiger partial charge in [0.25, 0.3) is 0 Å². The largest absolute Gasteiger partial charge is 0.442 e. The summed E-state index contributed by atoms with van der Waals surface area (Å²) in [6, 6.07) is 11.7. The summed E-state index contributed by atoms with van der Waals surface area (Å²) in [6.07, 6.45) is 1.97. The molecule has 6 nitrogen and oxygen atoms in total. The molecule has 0 amide bonds. The lowest BCUT2D eigenvalue weighted by atomic mass is 9.98. The van der Waals surface area contributed by atoms with Crippen LogP contribution in [-0.4, -0.2) is 27.0 Å². The van der Waals surface area contributed by atoms with Gasteiger partial charge in [-0.2, -0.15) is 0 Å². The minimum Gasteiger partial charge on any atom is -0.442 e. The second-order valence-electron chi connectivity index (χ2n) is 7.32. The summed E-state index contributed by atoms with van der Waals surface area (Å²) in [5.74, 6) is -0.415. The number of halogens is 1. The Morgan fingerprint density at radius 2 is 1.82 bits per heavy atom. The van der Waals surface area contributed by atoms with Crippen molar-refractivity contribution in [1.82, 2.24) is 14.8 Å². The van der Waals surface area contributed by atoms with Gasteiger partial charge in [-0.15, -0.1) is 5.10 Å². The third-order valence-electron chi connectivity index (χ3n) is 4.09. The highest BCUT2D eigenvalue weighted by Crippen LogP contribution is 2.26. The summed E-state index contributed by atoms with van der Waals surface area (Å²) in [4.78, 5) is 27.0. The molecular formula is C21H20FN3O3. The standard InChI is InChI=1S/C21H20FN3O3/c1-21(2,3)20(27)28-13-25-12-23-19(24-25)15-9-7-14(8-10-15)17-6-4-5-16(11-26)18(17)22/h4-12H,13H2,1-3H3. The number of aldehydes is 1. The van der Waals surface area contributed by atoms with E-state index in [4.69, 9.17) is 4.74 Å². The molecule has 0 saturated heterocycles. The highest BCUT2D eigenvalue weighted by Gasteiger charge is 2.23. The van der Waals surface area contributed by atoms with Crippen LogP contribution in [0.25, 0.3) is 22.5 Å². The fourth-order valence-corrected chi connectivity index (χ4v) is 2.49. The molecule has 0 atom stereocenters. The van der Waals surface area contributed by atoms with Gasteiger partial charge in [0.2, 0.25) is 0 Å². The zero-order valence-corrected chi connectivity index (χ0v) is 15.8. The average molecular weight is 381 g/mol. The van der Waals surface area contributed by atoms with Crippen molar-refractivity contribution < 1.29 is 18.7 Å². The van der Waals surface area contributed by atoms with Crippen LogP contribution in [0.2, 0.25) is 0 Å². The minimum absolute atomic E-state index is 0.0202. The van der Waals surface area contributed by atoms with Crippen molar-refractivity contribution in [2.75, 3.05) is 0 Å². The molecule has 0 spiro atoms. The lowest BCUT2D eigenvalue weighted by Gasteiger charge is -2.16. The van der Waals surface area contributed by atoms with Gasteiger partial charge in [0, 0.05) is 11.1 Å². The first-order valence-electron chi connectivity index (χ1n) is 8.71. The lowest BCUT2D eigenvalue weighted by Crippen LogP contribution is -2.24. The Hall–Kier alpha value is -3.35. The molecule has 0 saturated carbocycles. The van der Waals surface area contributed by atoms with E-state index in [0.29, 0.717) is 23.2 Å². The van der Waals surface area contributed by atoms with E-state index in [1.165, 1.54) is 17.1 Å². The molecule has 2 aromatic carbocycles. The Labute approximate surface area is 162 Å². The van der Waals surface area contributed by atoms with Crippen LogP contribution in [0.4, 0.5) is 4.39 Å². The zero-order valence-electron chi connectivity index (χ0n) is 15.8. The Kier molecular flexibility index (Phi) is 5.35. The van der Waals surface area contributed by atoms with Crippen LogP contribution in [0.5, 0.6) is 0 Å². The van der Waals surface area contributed by atoms with Crippen molar-refractivity contribution in [2.45, 2.75) is 27.5 Å². The molecule has 1 heterocycles. The topological polar surface area (TPSA) is 74.1 Å². The average Bonchev–Trinajstić information content (AvgIpc) is 3.15.